The molecule has 0 aliphatic rings. The largest absolute Gasteiger partial charge is 0.508 e. The Morgan fingerprint density at radius 1 is 0.818 bits per heavy atom. The Morgan fingerprint density at radius 3 is 2.32 bits per heavy atom. The molecule has 0 saturated heterocycles. The van der Waals surface area contributed by atoms with Gasteiger partial charge in [-0.2, -0.15) is 0 Å². The van der Waals surface area contributed by atoms with Crippen LogP contribution in [0.25, 0.3) is 0 Å². The van der Waals surface area contributed by atoms with Crippen LogP contribution < -0.4 is 0 Å². The number of phenolic OH excluding ortho intramolecular Hbond substituents is 1. The highest BCUT2D eigenvalue weighted by atomic mass is 16.3. The molecular weight excluding hydrogens is 268 g/mol. The summed E-state index contributed by atoms with van der Waals surface area (Å²) in [5, 5.41) is 9.68. The van der Waals surface area contributed by atoms with Crippen molar-refractivity contribution in [2.45, 2.75) is 57.8 Å². The predicted octanol–water partition coefficient (Wildman–Crippen LogP) is 6.35. The summed E-state index contributed by atoms with van der Waals surface area (Å²) in [5.41, 5.74) is 1.08. The molecule has 22 heavy (non-hydrogen) atoms. The van der Waals surface area contributed by atoms with Crippen molar-refractivity contribution < 1.29 is 5.11 Å². The molecule has 0 aliphatic heterocycles. The monoisotopic (exact) mass is 298 g/mol. The molecule has 0 amide bonds. The molecule has 1 aromatic rings. The van der Waals surface area contributed by atoms with Crippen LogP contribution in [-0.4, -0.2) is 5.11 Å². The van der Waals surface area contributed by atoms with Crippen molar-refractivity contribution in [1.29, 1.82) is 0 Å². The van der Waals surface area contributed by atoms with Gasteiger partial charge in [-0.25, -0.2) is 0 Å². The average Bonchev–Trinajstić information content (AvgIpc) is 2.53. The van der Waals surface area contributed by atoms with Gasteiger partial charge in [-0.05, 0) is 50.2 Å². The minimum atomic E-state index is 0.440. The predicted molar refractivity (Wildman–Crippen MR) is 97.2 cm³/mol. The number of unbranched alkanes of at least 4 members (excludes halogenated alkanes) is 5. The van der Waals surface area contributed by atoms with E-state index in [1.165, 1.54) is 38.5 Å². The Labute approximate surface area is 136 Å². The van der Waals surface area contributed by atoms with Gasteiger partial charge < -0.3 is 5.11 Å². The normalized spacial score (nSPS) is 11.5. The van der Waals surface area contributed by atoms with E-state index in [0.717, 1.165) is 24.8 Å². The maximum Gasteiger partial charge on any atom is 0.118 e. The SMILES string of the molecule is C=CC/C=C/C/C=C/CCCCCCCc1ccccc1O. The number of para-hydroxylation sites is 1. The minimum Gasteiger partial charge on any atom is -0.508 e. The maximum atomic E-state index is 9.68. The van der Waals surface area contributed by atoms with Crippen LogP contribution in [0.4, 0.5) is 0 Å². The summed E-state index contributed by atoms with van der Waals surface area (Å²) < 4.78 is 0. The molecule has 0 spiro atoms. The molecule has 0 aromatic heterocycles. The lowest BCUT2D eigenvalue weighted by atomic mass is 10.0. The smallest absolute Gasteiger partial charge is 0.118 e. The second-order valence-electron chi connectivity index (χ2n) is 5.64. The van der Waals surface area contributed by atoms with E-state index in [2.05, 4.69) is 30.9 Å². The number of benzene rings is 1. The van der Waals surface area contributed by atoms with Gasteiger partial charge in [-0.15, -0.1) is 6.58 Å². The Morgan fingerprint density at radius 2 is 1.50 bits per heavy atom. The Bertz CT molecular complexity index is 457. The van der Waals surface area contributed by atoms with Gasteiger partial charge >= 0.3 is 0 Å². The van der Waals surface area contributed by atoms with Crippen LogP contribution in [0, 0.1) is 0 Å². The third-order valence-corrected chi connectivity index (χ3v) is 3.72. The van der Waals surface area contributed by atoms with E-state index in [-0.39, 0.29) is 0 Å². The van der Waals surface area contributed by atoms with Gasteiger partial charge in [0.15, 0.2) is 0 Å². The summed E-state index contributed by atoms with van der Waals surface area (Å²) in [7, 11) is 0. The Kier molecular flexibility index (Phi) is 10.8. The van der Waals surface area contributed by atoms with E-state index in [0.29, 0.717) is 5.75 Å². The van der Waals surface area contributed by atoms with Gasteiger partial charge in [-0.3, -0.25) is 0 Å². The molecular formula is C21H30O. The number of hydrogen-bond donors (Lipinski definition) is 1. The molecule has 1 rings (SSSR count). The standard InChI is InChI=1S/C21H30O/c1-2-3-4-5-6-7-8-9-10-11-12-13-14-17-20-18-15-16-19-21(20)22/h2,4-5,7-8,15-16,18-19,22H,1,3,6,9-14,17H2/b5-4+,8-7+. The topological polar surface area (TPSA) is 20.2 Å². The fourth-order valence-electron chi connectivity index (χ4n) is 2.41. The highest BCUT2D eigenvalue weighted by Crippen LogP contribution is 2.18. The van der Waals surface area contributed by atoms with Crippen molar-refractivity contribution in [3.05, 3.63) is 66.8 Å². The molecule has 1 aromatic carbocycles. The first-order chi connectivity index (χ1) is 10.8. The van der Waals surface area contributed by atoms with Crippen LogP contribution >= 0.6 is 0 Å². The van der Waals surface area contributed by atoms with Crippen LogP contribution in [0.1, 0.15) is 56.9 Å². The van der Waals surface area contributed by atoms with E-state index < -0.39 is 0 Å². The molecule has 0 atom stereocenters. The lowest BCUT2D eigenvalue weighted by Crippen LogP contribution is -1.86. The van der Waals surface area contributed by atoms with Gasteiger partial charge in [0.25, 0.3) is 0 Å². The van der Waals surface area contributed by atoms with Crippen molar-refractivity contribution in [1.82, 2.24) is 0 Å². The molecule has 1 heteroatoms. The fourth-order valence-corrected chi connectivity index (χ4v) is 2.41. The zero-order valence-electron chi connectivity index (χ0n) is 13.7. The third kappa shape index (κ3) is 9.23. The molecule has 1 N–H and O–H groups in total. The second-order valence-corrected chi connectivity index (χ2v) is 5.64. The van der Waals surface area contributed by atoms with Crippen molar-refractivity contribution in [2.75, 3.05) is 0 Å². The van der Waals surface area contributed by atoms with Crippen molar-refractivity contribution in [2.24, 2.45) is 0 Å². The van der Waals surface area contributed by atoms with Gasteiger partial charge in [0.1, 0.15) is 5.75 Å². The first-order valence-corrected chi connectivity index (χ1v) is 8.52. The molecule has 0 heterocycles. The molecule has 0 bridgehead atoms. The first-order valence-electron chi connectivity index (χ1n) is 8.52. The minimum absolute atomic E-state index is 0.440. The van der Waals surface area contributed by atoms with E-state index in [1.807, 2.05) is 24.3 Å². The molecule has 0 fully saturated rings. The number of phenols is 1. The first kappa shape index (κ1) is 18.3. The summed E-state index contributed by atoms with van der Waals surface area (Å²) in [4.78, 5) is 0. The highest BCUT2D eigenvalue weighted by Gasteiger charge is 1.98. The quantitative estimate of drug-likeness (QED) is 0.352. The highest BCUT2D eigenvalue weighted by molar-refractivity contribution is 5.31. The van der Waals surface area contributed by atoms with Gasteiger partial charge in [0.05, 0.1) is 0 Å². The number of rotatable bonds is 12. The summed E-state index contributed by atoms with van der Waals surface area (Å²) >= 11 is 0. The Balaban J connectivity index is 1.92. The molecule has 1 nitrogen and oxygen atoms in total. The fraction of sp³-hybridized carbons (Fsp3) is 0.429. The third-order valence-electron chi connectivity index (χ3n) is 3.72. The van der Waals surface area contributed by atoms with Gasteiger partial charge in [0, 0.05) is 0 Å². The van der Waals surface area contributed by atoms with E-state index in [1.54, 1.807) is 6.07 Å². The van der Waals surface area contributed by atoms with E-state index in [9.17, 15) is 5.11 Å². The van der Waals surface area contributed by atoms with E-state index >= 15 is 0 Å². The lowest BCUT2D eigenvalue weighted by Gasteiger charge is -2.04. The lowest BCUT2D eigenvalue weighted by molar-refractivity contribution is 0.466. The maximum absolute atomic E-state index is 9.68. The van der Waals surface area contributed by atoms with Crippen molar-refractivity contribution >= 4 is 0 Å². The summed E-state index contributed by atoms with van der Waals surface area (Å²) in [5.74, 6) is 0.440. The zero-order chi connectivity index (χ0) is 15.9. The number of allylic oxidation sites excluding steroid dienone is 5. The Hall–Kier alpha value is -1.76. The van der Waals surface area contributed by atoms with E-state index in [4.69, 9.17) is 0 Å². The molecule has 120 valence electrons. The number of aryl methyl sites for hydroxylation is 1. The molecule has 0 unspecified atom stereocenters. The van der Waals surface area contributed by atoms with Crippen molar-refractivity contribution in [3.8, 4) is 5.75 Å². The molecule has 0 radical (unpaired) electrons. The number of aromatic hydroxyl groups is 1. The van der Waals surface area contributed by atoms with Crippen LogP contribution in [0.15, 0.2) is 61.2 Å². The van der Waals surface area contributed by atoms with Crippen LogP contribution in [0.2, 0.25) is 0 Å². The summed E-state index contributed by atoms with van der Waals surface area (Å²) in [6.07, 6.45) is 21.3. The average molecular weight is 298 g/mol. The molecule has 0 aliphatic carbocycles. The van der Waals surface area contributed by atoms with Crippen LogP contribution in [0.3, 0.4) is 0 Å². The molecule has 0 saturated carbocycles. The summed E-state index contributed by atoms with van der Waals surface area (Å²) in [6.45, 7) is 3.69. The van der Waals surface area contributed by atoms with Crippen LogP contribution in [0.5, 0.6) is 5.75 Å². The summed E-state index contributed by atoms with van der Waals surface area (Å²) in [6, 6.07) is 7.66. The zero-order valence-corrected chi connectivity index (χ0v) is 13.7. The van der Waals surface area contributed by atoms with Crippen molar-refractivity contribution in [3.63, 3.8) is 0 Å². The number of hydrogen-bond acceptors (Lipinski definition) is 1. The second kappa shape index (κ2) is 12.9. The van der Waals surface area contributed by atoms with Crippen LogP contribution in [-0.2, 0) is 6.42 Å². The van der Waals surface area contributed by atoms with Gasteiger partial charge in [-0.1, -0.05) is 67.8 Å². The van der Waals surface area contributed by atoms with Gasteiger partial charge in [0.2, 0.25) is 0 Å².